The normalized spacial score (nSPS) is 27.0. The number of oxazole rings is 1. The lowest BCUT2D eigenvalue weighted by molar-refractivity contribution is 0.291. The predicted octanol–water partition coefficient (Wildman–Crippen LogP) is 4.27. The lowest BCUT2D eigenvalue weighted by Crippen LogP contribution is -2.11. The van der Waals surface area contributed by atoms with Gasteiger partial charge in [-0.2, -0.15) is 0 Å². The van der Waals surface area contributed by atoms with Gasteiger partial charge in [0, 0.05) is 11.3 Å². The van der Waals surface area contributed by atoms with Gasteiger partial charge >= 0.3 is 0 Å². The molecular weight excluding hydrogens is 198 g/mol. The Morgan fingerprint density at radius 1 is 1.19 bits per heavy atom. The molecule has 1 aliphatic carbocycles. The minimum absolute atomic E-state index is 0.0766. The average Bonchev–Trinajstić information content (AvgIpc) is 2.67. The fraction of sp³-hybridized carbons (Fsp3) is 0.786. The van der Waals surface area contributed by atoms with Crippen LogP contribution in [0.2, 0.25) is 0 Å². The molecule has 0 aliphatic heterocycles. The van der Waals surface area contributed by atoms with Crippen molar-refractivity contribution in [1.29, 1.82) is 0 Å². The fourth-order valence-electron chi connectivity index (χ4n) is 2.33. The molecule has 1 aromatic heterocycles. The van der Waals surface area contributed by atoms with E-state index in [1.165, 1.54) is 25.7 Å². The van der Waals surface area contributed by atoms with E-state index in [9.17, 15) is 0 Å². The van der Waals surface area contributed by atoms with Gasteiger partial charge in [-0.15, -0.1) is 0 Å². The van der Waals surface area contributed by atoms with E-state index in [0.29, 0.717) is 5.92 Å². The van der Waals surface area contributed by atoms with Crippen molar-refractivity contribution in [2.45, 2.75) is 64.7 Å². The molecule has 1 aromatic rings. The van der Waals surface area contributed by atoms with Gasteiger partial charge in [-0.1, -0.05) is 27.7 Å². The third-order valence-corrected chi connectivity index (χ3v) is 3.63. The van der Waals surface area contributed by atoms with Gasteiger partial charge in [0.2, 0.25) is 0 Å². The lowest BCUT2D eigenvalue weighted by atomic mass is 9.83. The third-order valence-electron chi connectivity index (χ3n) is 3.63. The van der Waals surface area contributed by atoms with Crippen LogP contribution in [-0.4, -0.2) is 4.98 Å². The van der Waals surface area contributed by atoms with E-state index >= 15 is 0 Å². The first-order chi connectivity index (χ1) is 7.47. The fourth-order valence-corrected chi connectivity index (χ4v) is 2.33. The summed E-state index contributed by atoms with van der Waals surface area (Å²) in [6.07, 6.45) is 7.03. The number of rotatable bonds is 1. The molecule has 0 saturated heterocycles. The number of hydrogen-bond acceptors (Lipinski definition) is 2. The van der Waals surface area contributed by atoms with E-state index in [2.05, 4.69) is 32.7 Å². The van der Waals surface area contributed by atoms with Crippen LogP contribution in [0.4, 0.5) is 0 Å². The van der Waals surface area contributed by atoms with Gasteiger partial charge in [0.1, 0.15) is 5.76 Å². The molecule has 1 aliphatic rings. The highest BCUT2D eigenvalue weighted by molar-refractivity contribution is 5.08. The molecule has 2 rings (SSSR count). The summed E-state index contributed by atoms with van der Waals surface area (Å²) in [4.78, 5) is 4.46. The van der Waals surface area contributed by atoms with Gasteiger partial charge in [0.05, 0.1) is 6.20 Å². The second-order valence-electron chi connectivity index (χ2n) is 6.27. The van der Waals surface area contributed by atoms with Gasteiger partial charge in [0.25, 0.3) is 0 Å². The summed E-state index contributed by atoms with van der Waals surface area (Å²) in [5, 5.41) is 0. The smallest absolute Gasteiger partial charge is 0.197 e. The number of hydrogen-bond donors (Lipinski definition) is 0. The molecule has 2 heteroatoms. The van der Waals surface area contributed by atoms with Crippen molar-refractivity contribution in [3.05, 3.63) is 17.8 Å². The molecule has 1 heterocycles. The number of aromatic nitrogens is 1. The molecule has 2 nitrogen and oxygen atoms in total. The van der Waals surface area contributed by atoms with Gasteiger partial charge in [0.15, 0.2) is 5.89 Å². The Morgan fingerprint density at radius 3 is 2.31 bits per heavy atom. The quantitative estimate of drug-likeness (QED) is 0.708. The van der Waals surface area contributed by atoms with Crippen LogP contribution in [-0.2, 0) is 5.41 Å². The molecule has 16 heavy (non-hydrogen) atoms. The predicted molar refractivity (Wildman–Crippen MR) is 65.6 cm³/mol. The van der Waals surface area contributed by atoms with Gasteiger partial charge in [-0.25, -0.2) is 4.98 Å². The summed E-state index contributed by atoms with van der Waals surface area (Å²) in [7, 11) is 0. The van der Waals surface area contributed by atoms with Crippen LogP contribution >= 0.6 is 0 Å². The average molecular weight is 221 g/mol. The van der Waals surface area contributed by atoms with E-state index < -0.39 is 0 Å². The minimum Gasteiger partial charge on any atom is -0.445 e. The van der Waals surface area contributed by atoms with Crippen LogP contribution in [0.1, 0.15) is 70.9 Å². The Kier molecular flexibility index (Phi) is 3.09. The molecule has 1 saturated carbocycles. The molecule has 0 atom stereocenters. The zero-order valence-electron chi connectivity index (χ0n) is 10.9. The molecule has 0 radical (unpaired) electrons. The highest BCUT2D eigenvalue weighted by Gasteiger charge is 2.26. The van der Waals surface area contributed by atoms with E-state index in [1.807, 2.05) is 6.20 Å². The Morgan fingerprint density at radius 2 is 1.81 bits per heavy atom. The summed E-state index contributed by atoms with van der Waals surface area (Å²) in [5.74, 6) is 3.43. The van der Waals surface area contributed by atoms with Gasteiger partial charge < -0.3 is 4.42 Å². The van der Waals surface area contributed by atoms with Crippen LogP contribution in [0.25, 0.3) is 0 Å². The van der Waals surface area contributed by atoms with Crippen LogP contribution < -0.4 is 0 Å². The van der Waals surface area contributed by atoms with Crippen LogP contribution in [0.3, 0.4) is 0 Å². The molecule has 0 bridgehead atoms. The van der Waals surface area contributed by atoms with Crippen molar-refractivity contribution in [3.8, 4) is 0 Å². The summed E-state index contributed by atoms with van der Waals surface area (Å²) in [6.45, 7) is 8.84. The Balaban J connectivity index is 2.08. The molecule has 0 spiro atoms. The molecule has 90 valence electrons. The van der Waals surface area contributed by atoms with Crippen LogP contribution in [0.5, 0.6) is 0 Å². The van der Waals surface area contributed by atoms with Crippen molar-refractivity contribution in [2.75, 3.05) is 0 Å². The molecule has 0 aromatic carbocycles. The SMILES string of the molecule is CC1CCC(c2ncc(C(C)(C)C)o2)CC1. The van der Waals surface area contributed by atoms with Crippen LogP contribution in [0, 0.1) is 5.92 Å². The lowest BCUT2D eigenvalue weighted by Gasteiger charge is -2.23. The van der Waals surface area contributed by atoms with Crippen molar-refractivity contribution in [2.24, 2.45) is 5.92 Å². The van der Waals surface area contributed by atoms with E-state index in [0.717, 1.165) is 17.6 Å². The standard InChI is InChI=1S/C14H23NO/c1-10-5-7-11(8-6-10)13-15-9-12(16-13)14(2,3)4/h9-11H,5-8H2,1-4H3. The van der Waals surface area contributed by atoms with Crippen molar-refractivity contribution < 1.29 is 4.42 Å². The molecule has 0 amide bonds. The van der Waals surface area contributed by atoms with Crippen molar-refractivity contribution in [1.82, 2.24) is 4.98 Å². The second kappa shape index (κ2) is 4.23. The monoisotopic (exact) mass is 221 g/mol. The summed E-state index contributed by atoms with van der Waals surface area (Å²) < 4.78 is 5.91. The largest absolute Gasteiger partial charge is 0.445 e. The maximum Gasteiger partial charge on any atom is 0.197 e. The zero-order valence-corrected chi connectivity index (χ0v) is 10.9. The first-order valence-electron chi connectivity index (χ1n) is 6.43. The highest BCUT2D eigenvalue weighted by Crippen LogP contribution is 2.36. The maximum absolute atomic E-state index is 5.91. The first-order valence-corrected chi connectivity index (χ1v) is 6.43. The van der Waals surface area contributed by atoms with Crippen LogP contribution in [0.15, 0.2) is 10.6 Å². The van der Waals surface area contributed by atoms with Crippen molar-refractivity contribution in [3.63, 3.8) is 0 Å². The second-order valence-corrected chi connectivity index (χ2v) is 6.27. The highest BCUT2D eigenvalue weighted by atomic mass is 16.4. The molecule has 0 N–H and O–H groups in total. The Bertz CT molecular complexity index is 340. The number of nitrogens with zero attached hydrogens (tertiary/aromatic N) is 1. The minimum atomic E-state index is 0.0766. The summed E-state index contributed by atoms with van der Waals surface area (Å²) in [5.41, 5.74) is 0.0766. The van der Waals surface area contributed by atoms with E-state index in [1.54, 1.807) is 0 Å². The zero-order chi connectivity index (χ0) is 11.8. The summed E-state index contributed by atoms with van der Waals surface area (Å²) in [6, 6.07) is 0. The van der Waals surface area contributed by atoms with E-state index in [-0.39, 0.29) is 5.41 Å². The third kappa shape index (κ3) is 2.47. The first kappa shape index (κ1) is 11.7. The maximum atomic E-state index is 5.91. The van der Waals surface area contributed by atoms with E-state index in [4.69, 9.17) is 4.42 Å². The molecule has 1 fully saturated rings. The molecular formula is C14H23NO. The summed E-state index contributed by atoms with van der Waals surface area (Å²) >= 11 is 0. The van der Waals surface area contributed by atoms with Gasteiger partial charge in [-0.05, 0) is 31.6 Å². The van der Waals surface area contributed by atoms with Crippen molar-refractivity contribution >= 4 is 0 Å². The van der Waals surface area contributed by atoms with Gasteiger partial charge in [-0.3, -0.25) is 0 Å². The Labute approximate surface area is 98.5 Å². The Hall–Kier alpha value is -0.790. The topological polar surface area (TPSA) is 26.0 Å². The molecule has 0 unspecified atom stereocenters.